The van der Waals surface area contributed by atoms with Gasteiger partial charge in [0.05, 0.1) is 33.8 Å². The van der Waals surface area contributed by atoms with Gasteiger partial charge in [-0.2, -0.15) is 0 Å². The van der Waals surface area contributed by atoms with Crippen LogP contribution >= 0.6 is 7.82 Å². The Hall–Kier alpha value is -3.33. The number of phosphoric acid groups is 1. The topological polar surface area (TPSA) is 114 Å². The van der Waals surface area contributed by atoms with E-state index in [1.54, 1.807) is 6.08 Å². The summed E-state index contributed by atoms with van der Waals surface area (Å²) < 4.78 is 30.1. The summed E-state index contributed by atoms with van der Waals surface area (Å²) in [7, 11) is 1.12. The molecule has 1 amide bonds. The number of hydrogen-bond acceptors (Lipinski definition) is 7. The maximum absolute atomic E-state index is 13.4. The predicted octanol–water partition coefficient (Wildman–Crippen LogP) is 16.4. The van der Waals surface area contributed by atoms with Gasteiger partial charge in [0.1, 0.15) is 19.3 Å². The second-order valence-electron chi connectivity index (χ2n) is 19.7. The fraction of sp³-hybridized carbons (Fsp3) is 0.672. The van der Waals surface area contributed by atoms with Crippen molar-refractivity contribution in [1.29, 1.82) is 0 Å². The smallest absolute Gasteiger partial charge is 0.306 e. The van der Waals surface area contributed by atoms with Gasteiger partial charge in [0.15, 0.2) is 0 Å². The minimum absolute atomic E-state index is 0.0427. The third-order valence-corrected chi connectivity index (χ3v) is 12.7. The van der Waals surface area contributed by atoms with Crippen molar-refractivity contribution in [1.82, 2.24) is 5.32 Å². The average molecular weight is 1010 g/mol. The number of allylic oxidation sites excluding steroid dienone is 17. The van der Waals surface area contributed by atoms with E-state index in [-0.39, 0.29) is 31.3 Å². The fourth-order valence-electron chi connectivity index (χ4n) is 7.40. The third-order valence-electron chi connectivity index (χ3n) is 11.7. The first kappa shape index (κ1) is 67.7. The monoisotopic (exact) mass is 1010 g/mol. The second kappa shape index (κ2) is 50.2. The number of amides is 1. The van der Waals surface area contributed by atoms with Crippen LogP contribution in [0, 0.1) is 0 Å². The Morgan fingerprint density at radius 3 is 1.38 bits per heavy atom. The molecule has 1 N–H and O–H groups in total. The number of esters is 1. The molecule has 0 heterocycles. The van der Waals surface area contributed by atoms with E-state index in [9.17, 15) is 19.0 Å². The Kier molecular flexibility index (Phi) is 47.9. The van der Waals surface area contributed by atoms with E-state index in [1.807, 2.05) is 39.4 Å². The minimum Gasteiger partial charge on any atom is -0.756 e. The van der Waals surface area contributed by atoms with Crippen LogP contribution in [0.25, 0.3) is 0 Å². The molecule has 0 saturated heterocycles. The van der Waals surface area contributed by atoms with Crippen LogP contribution < -0.4 is 10.2 Å². The van der Waals surface area contributed by atoms with Gasteiger partial charge >= 0.3 is 5.97 Å². The van der Waals surface area contributed by atoms with Gasteiger partial charge in [-0.05, 0) is 96.0 Å². The Bertz CT molecular complexity index is 1580. The highest BCUT2D eigenvalue weighted by atomic mass is 31.2. The van der Waals surface area contributed by atoms with Gasteiger partial charge in [0, 0.05) is 12.8 Å². The van der Waals surface area contributed by atoms with Crippen LogP contribution in [0.15, 0.2) is 109 Å². The molecule has 0 radical (unpaired) electrons. The largest absolute Gasteiger partial charge is 0.756 e. The molecule has 0 aromatic carbocycles. The zero-order valence-electron chi connectivity index (χ0n) is 46.1. The number of carbonyl (C=O) groups excluding carboxylic acids is 2. The number of nitrogens with zero attached hydrogens (tertiary/aromatic N) is 1. The van der Waals surface area contributed by atoms with Crippen LogP contribution in [0.2, 0.25) is 0 Å². The number of unbranched alkanes of at least 4 members (excludes halogenated alkanes) is 17. The number of ether oxygens (including phenoxy) is 1. The van der Waals surface area contributed by atoms with Gasteiger partial charge in [-0.15, -0.1) is 0 Å². The first-order valence-electron chi connectivity index (χ1n) is 28.2. The van der Waals surface area contributed by atoms with E-state index >= 15 is 0 Å². The van der Waals surface area contributed by atoms with Gasteiger partial charge < -0.3 is 28.5 Å². The summed E-state index contributed by atoms with van der Waals surface area (Å²) >= 11 is 0. The molecule has 10 heteroatoms. The zero-order chi connectivity index (χ0) is 52.2. The lowest BCUT2D eigenvalue weighted by Gasteiger charge is -2.30. The summed E-state index contributed by atoms with van der Waals surface area (Å²) in [6, 6.07) is -0.937. The summed E-state index contributed by atoms with van der Waals surface area (Å²) in [6.07, 6.45) is 67.9. The lowest BCUT2D eigenvalue weighted by molar-refractivity contribution is -0.870. The Morgan fingerprint density at radius 2 is 0.915 bits per heavy atom. The summed E-state index contributed by atoms with van der Waals surface area (Å²) in [4.78, 5) is 39.8. The van der Waals surface area contributed by atoms with Crippen LogP contribution in [0.5, 0.6) is 0 Å². The van der Waals surface area contributed by atoms with E-state index in [1.165, 1.54) is 70.6 Å². The van der Waals surface area contributed by atoms with Gasteiger partial charge in [0.25, 0.3) is 7.82 Å². The molecule has 0 aliphatic carbocycles. The van der Waals surface area contributed by atoms with Crippen molar-refractivity contribution in [2.24, 2.45) is 0 Å². The summed E-state index contributed by atoms with van der Waals surface area (Å²) in [6.45, 7) is 6.53. The van der Waals surface area contributed by atoms with Crippen molar-refractivity contribution >= 4 is 19.7 Å². The van der Waals surface area contributed by atoms with Crippen LogP contribution in [0.1, 0.15) is 213 Å². The molecule has 0 aromatic heterocycles. The molecule has 0 bridgehead atoms. The van der Waals surface area contributed by atoms with Crippen LogP contribution in [-0.2, 0) is 27.9 Å². The SMILES string of the molecule is CC/C=C\C/C=C\C/C=C\C/C=C\C/C=C\C/C=C\CCC(=O)NC(COP(=O)([O-])OCC[N+](C)(C)C)C(/C=C\CCCCCCCCCCCC)OC(=O)CCCCCCCCC/C=C/C/C=C/CC. The summed E-state index contributed by atoms with van der Waals surface area (Å²) in [5, 5.41) is 2.96. The van der Waals surface area contributed by atoms with E-state index < -0.39 is 26.6 Å². The molecular weight excluding hydrogens is 904 g/mol. The standard InChI is InChI=1S/C61H105N2O7P/c1-7-10-13-16-19-22-25-28-30-31-32-33-34-35-38-41-44-47-50-53-60(64)62-58(57-69-71(66,67)68-56-55-63(4,5)6)59(52-49-46-43-40-37-27-24-21-18-15-12-9-3)70-61(65)54-51-48-45-42-39-36-29-26-23-20-17-14-11-8-2/h10-11,13-14,19-20,22-23,28,30,32-33,35,38,44,47,49,52,58-59H,7-9,12,15-18,21,24-27,29,31,34,36-37,39-43,45-46,48,50-51,53-57H2,1-6H3,(H-,62,64,66,67)/b13-10-,14-11+,22-19-,23-20+,30-28-,33-32-,38-35-,47-44-,52-49-. The number of carbonyl (C=O) groups is 2. The maximum atomic E-state index is 13.4. The normalized spacial score (nSPS) is 14.6. The molecule has 9 nitrogen and oxygen atoms in total. The molecule has 0 saturated carbocycles. The van der Waals surface area contributed by atoms with Crippen molar-refractivity contribution in [2.75, 3.05) is 40.9 Å². The fourth-order valence-corrected chi connectivity index (χ4v) is 8.13. The van der Waals surface area contributed by atoms with Crippen molar-refractivity contribution in [3.05, 3.63) is 109 Å². The van der Waals surface area contributed by atoms with Gasteiger partial charge in [-0.25, -0.2) is 0 Å². The highest BCUT2D eigenvalue weighted by Gasteiger charge is 2.27. The highest BCUT2D eigenvalue weighted by Crippen LogP contribution is 2.38. The lowest BCUT2D eigenvalue weighted by atomic mass is 10.1. The lowest BCUT2D eigenvalue weighted by Crippen LogP contribution is -2.47. The molecule has 0 spiro atoms. The van der Waals surface area contributed by atoms with E-state index in [0.29, 0.717) is 23.9 Å². The average Bonchev–Trinajstić information content (AvgIpc) is 3.33. The number of nitrogens with one attached hydrogen (secondary N) is 1. The molecule has 0 aliphatic heterocycles. The molecule has 0 aromatic rings. The van der Waals surface area contributed by atoms with E-state index in [4.69, 9.17) is 13.8 Å². The predicted molar refractivity (Wildman–Crippen MR) is 302 cm³/mol. The third kappa shape index (κ3) is 51.4. The summed E-state index contributed by atoms with van der Waals surface area (Å²) in [5.74, 6) is -0.657. The minimum atomic E-state index is -4.72. The van der Waals surface area contributed by atoms with Gasteiger partial charge in [-0.1, -0.05) is 214 Å². The van der Waals surface area contributed by atoms with Crippen LogP contribution in [0.4, 0.5) is 0 Å². The number of hydrogen-bond donors (Lipinski definition) is 1. The van der Waals surface area contributed by atoms with Crippen molar-refractivity contribution in [3.8, 4) is 0 Å². The molecule has 406 valence electrons. The molecule has 0 rings (SSSR count). The Morgan fingerprint density at radius 1 is 0.507 bits per heavy atom. The van der Waals surface area contributed by atoms with Crippen molar-refractivity contribution in [3.63, 3.8) is 0 Å². The maximum Gasteiger partial charge on any atom is 0.306 e. The Balaban J connectivity index is 5.49. The quantitative estimate of drug-likeness (QED) is 0.0212. The van der Waals surface area contributed by atoms with Gasteiger partial charge in [-0.3, -0.25) is 14.2 Å². The Labute approximate surface area is 436 Å². The first-order valence-corrected chi connectivity index (χ1v) is 29.7. The van der Waals surface area contributed by atoms with E-state index in [0.717, 1.165) is 96.3 Å². The molecule has 71 heavy (non-hydrogen) atoms. The molecule has 3 atom stereocenters. The van der Waals surface area contributed by atoms with Gasteiger partial charge in [0.2, 0.25) is 5.91 Å². The van der Waals surface area contributed by atoms with E-state index in [2.05, 4.69) is 111 Å². The van der Waals surface area contributed by atoms with Crippen molar-refractivity contribution < 1.29 is 37.3 Å². The van der Waals surface area contributed by atoms with Crippen molar-refractivity contribution in [2.45, 2.75) is 226 Å². The first-order chi connectivity index (χ1) is 34.4. The number of quaternary nitrogens is 1. The number of rotatable bonds is 49. The molecule has 3 unspecified atom stereocenters. The second-order valence-corrected chi connectivity index (χ2v) is 21.1. The number of phosphoric ester groups is 1. The molecular formula is C61H105N2O7P. The molecule has 0 fully saturated rings. The van der Waals surface area contributed by atoms with Crippen LogP contribution in [-0.4, -0.2) is 69.4 Å². The summed E-state index contributed by atoms with van der Waals surface area (Å²) in [5.41, 5.74) is 0. The zero-order valence-corrected chi connectivity index (χ0v) is 47.0. The number of likely N-dealkylation sites (N-methyl/N-ethyl adjacent to an activating group) is 1. The highest BCUT2D eigenvalue weighted by molar-refractivity contribution is 7.45. The van der Waals surface area contributed by atoms with Crippen LogP contribution in [0.3, 0.4) is 0 Å². The molecule has 0 aliphatic rings.